The smallest absolute Gasteiger partial charge is 0.101 e. The fourth-order valence-electron chi connectivity index (χ4n) is 2.09. The lowest BCUT2D eigenvalue weighted by Gasteiger charge is -2.24. The van der Waals surface area contributed by atoms with Crippen LogP contribution < -0.4 is 10.6 Å². The van der Waals surface area contributed by atoms with E-state index in [9.17, 15) is 0 Å². The van der Waals surface area contributed by atoms with Gasteiger partial charge in [-0.25, -0.2) is 0 Å². The monoisotopic (exact) mass is 249 g/mol. The molecule has 1 saturated heterocycles. The van der Waals surface area contributed by atoms with Crippen molar-refractivity contribution in [3.63, 3.8) is 0 Å². The number of halogens is 1. The molecule has 1 aromatic rings. The molecule has 0 aromatic heterocycles. The quantitative estimate of drug-likeness (QED) is 0.866. The fraction of sp³-hybridized carbons (Fsp3) is 0.462. The molecule has 1 unspecified atom stereocenters. The van der Waals surface area contributed by atoms with Crippen LogP contribution in [0.3, 0.4) is 0 Å². The van der Waals surface area contributed by atoms with Crippen LogP contribution in [-0.2, 0) is 0 Å². The molecule has 4 heteroatoms. The van der Waals surface area contributed by atoms with Crippen LogP contribution >= 0.6 is 11.6 Å². The average Bonchev–Trinajstić information content (AvgIpc) is 2.38. The van der Waals surface area contributed by atoms with Gasteiger partial charge >= 0.3 is 0 Å². The average molecular weight is 250 g/mol. The van der Waals surface area contributed by atoms with Crippen LogP contribution in [0.4, 0.5) is 5.69 Å². The van der Waals surface area contributed by atoms with Crippen molar-refractivity contribution in [1.29, 1.82) is 5.26 Å². The van der Waals surface area contributed by atoms with E-state index < -0.39 is 0 Å². The number of piperidine rings is 1. The highest BCUT2D eigenvalue weighted by atomic mass is 35.5. The summed E-state index contributed by atoms with van der Waals surface area (Å²) in [5, 5.41) is 16.4. The number of hydrogen-bond acceptors (Lipinski definition) is 3. The molecule has 1 aromatic carbocycles. The van der Waals surface area contributed by atoms with Gasteiger partial charge in [0.05, 0.1) is 11.3 Å². The summed E-state index contributed by atoms with van der Waals surface area (Å²) < 4.78 is 0. The van der Waals surface area contributed by atoms with Crippen LogP contribution in [0.25, 0.3) is 0 Å². The number of nitrogens with one attached hydrogen (secondary N) is 2. The zero-order chi connectivity index (χ0) is 12.1. The van der Waals surface area contributed by atoms with Gasteiger partial charge in [-0.15, -0.1) is 0 Å². The highest BCUT2D eigenvalue weighted by Gasteiger charge is 2.12. The van der Waals surface area contributed by atoms with Crippen molar-refractivity contribution in [3.8, 4) is 6.07 Å². The van der Waals surface area contributed by atoms with Gasteiger partial charge in [-0.1, -0.05) is 18.0 Å². The van der Waals surface area contributed by atoms with Gasteiger partial charge in [-0.3, -0.25) is 0 Å². The van der Waals surface area contributed by atoms with Gasteiger partial charge in [-0.05, 0) is 37.6 Å². The molecular formula is C13H16ClN3. The van der Waals surface area contributed by atoms with E-state index in [0.717, 1.165) is 18.8 Å². The number of benzene rings is 1. The highest BCUT2D eigenvalue weighted by Crippen LogP contribution is 2.20. The predicted octanol–water partition coefficient (Wildman–Crippen LogP) is 2.77. The number of nitrogens with zero attached hydrogens (tertiary/aromatic N) is 1. The maximum absolute atomic E-state index is 9.00. The van der Waals surface area contributed by atoms with E-state index in [2.05, 4.69) is 16.7 Å². The lowest BCUT2D eigenvalue weighted by molar-refractivity contribution is 0.414. The first kappa shape index (κ1) is 12.2. The van der Waals surface area contributed by atoms with Gasteiger partial charge < -0.3 is 10.6 Å². The summed E-state index contributed by atoms with van der Waals surface area (Å²) >= 11 is 5.93. The second-order valence-electron chi connectivity index (χ2n) is 4.33. The maximum Gasteiger partial charge on any atom is 0.101 e. The molecular weight excluding hydrogens is 234 g/mol. The summed E-state index contributed by atoms with van der Waals surface area (Å²) in [4.78, 5) is 0. The van der Waals surface area contributed by atoms with E-state index in [1.165, 1.54) is 19.3 Å². The molecule has 17 heavy (non-hydrogen) atoms. The van der Waals surface area contributed by atoms with Gasteiger partial charge in [0, 0.05) is 17.6 Å². The molecule has 1 aliphatic rings. The Balaban J connectivity index is 1.98. The van der Waals surface area contributed by atoms with Gasteiger partial charge in [0.15, 0.2) is 0 Å². The minimum atomic E-state index is 0.495. The van der Waals surface area contributed by atoms with Crippen molar-refractivity contribution < 1.29 is 0 Å². The largest absolute Gasteiger partial charge is 0.382 e. The third kappa shape index (κ3) is 3.36. The normalized spacial score (nSPS) is 19.6. The number of hydrogen-bond donors (Lipinski definition) is 2. The van der Waals surface area contributed by atoms with Gasteiger partial charge in [-0.2, -0.15) is 5.26 Å². The summed E-state index contributed by atoms with van der Waals surface area (Å²) in [7, 11) is 0. The van der Waals surface area contributed by atoms with Gasteiger partial charge in [0.25, 0.3) is 0 Å². The van der Waals surface area contributed by atoms with E-state index in [0.29, 0.717) is 16.6 Å². The summed E-state index contributed by atoms with van der Waals surface area (Å²) in [6.07, 6.45) is 3.73. The lowest BCUT2D eigenvalue weighted by atomic mass is 10.0. The van der Waals surface area contributed by atoms with Crippen molar-refractivity contribution >= 4 is 17.3 Å². The lowest BCUT2D eigenvalue weighted by Crippen LogP contribution is -2.39. The molecule has 1 atom stereocenters. The second kappa shape index (κ2) is 5.90. The Morgan fingerprint density at radius 2 is 2.35 bits per heavy atom. The zero-order valence-corrected chi connectivity index (χ0v) is 10.4. The minimum absolute atomic E-state index is 0.495. The second-order valence-corrected chi connectivity index (χ2v) is 4.77. The number of rotatable bonds is 3. The zero-order valence-electron chi connectivity index (χ0n) is 9.67. The molecule has 1 fully saturated rings. The molecule has 0 amide bonds. The Hall–Kier alpha value is -1.24. The minimum Gasteiger partial charge on any atom is -0.382 e. The van der Waals surface area contributed by atoms with E-state index >= 15 is 0 Å². The number of anilines is 1. The summed E-state index contributed by atoms with van der Waals surface area (Å²) in [6, 6.07) is 7.96. The summed E-state index contributed by atoms with van der Waals surface area (Å²) in [6.45, 7) is 1.93. The van der Waals surface area contributed by atoms with Crippen molar-refractivity contribution in [2.45, 2.75) is 25.3 Å². The summed E-state index contributed by atoms with van der Waals surface area (Å²) in [5.41, 5.74) is 1.47. The van der Waals surface area contributed by atoms with Crippen molar-refractivity contribution in [3.05, 3.63) is 28.8 Å². The molecule has 0 radical (unpaired) electrons. The summed E-state index contributed by atoms with van der Waals surface area (Å²) in [5.74, 6) is 0. The molecule has 3 nitrogen and oxygen atoms in total. The van der Waals surface area contributed by atoms with E-state index in [-0.39, 0.29) is 0 Å². The van der Waals surface area contributed by atoms with Crippen molar-refractivity contribution in [2.75, 3.05) is 18.4 Å². The molecule has 2 N–H and O–H groups in total. The molecule has 2 rings (SSSR count). The molecule has 0 aliphatic carbocycles. The SMILES string of the molecule is N#Cc1ccc(Cl)cc1NCC1CCCCN1. The first-order chi connectivity index (χ1) is 8.29. The van der Waals surface area contributed by atoms with Crippen LogP contribution in [0.2, 0.25) is 5.02 Å². The number of nitriles is 1. The Labute approximate surface area is 107 Å². The van der Waals surface area contributed by atoms with E-state index in [1.807, 2.05) is 6.07 Å². The van der Waals surface area contributed by atoms with Crippen LogP contribution in [0.1, 0.15) is 24.8 Å². The molecule has 1 aliphatic heterocycles. The third-order valence-corrected chi connectivity index (χ3v) is 3.29. The van der Waals surface area contributed by atoms with Gasteiger partial charge in [0.2, 0.25) is 0 Å². The Bertz CT molecular complexity index is 419. The van der Waals surface area contributed by atoms with Crippen molar-refractivity contribution in [2.24, 2.45) is 0 Å². The molecule has 1 heterocycles. The van der Waals surface area contributed by atoms with Crippen molar-refractivity contribution in [1.82, 2.24) is 5.32 Å². The topological polar surface area (TPSA) is 47.9 Å². The van der Waals surface area contributed by atoms with Crippen LogP contribution in [0, 0.1) is 11.3 Å². The Kier molecular flexibility index (Phi) is 4.24. The molecule has 0 saturated carbocycles. The molecule has 0 spiro atoms. The first-order valence-corrected chi connectivity index (χ1v) is 6.34. The molecule has 90 valence electrons. The molecule has 0 bridgehead atoms. The highest BCUT2D eigenvalue weighted by molar-refractivity contribution is 6.30. The van der Waals surface area contributed by atoms with Gasteiger partial charge in [0.1, 0.15) is 6.07 Å². The maximum atomic E-state index is 9.00. The Morgan fingerprint density at radius 1 is 1.47 bits per heavy atom. The Morgan fingerprint density at radius 3 is 3.06 bits per heavy atom. The predicted molar refractivity (Wildman–Crippen MR) is 70.3 cm³/mol. The third-order valence-electron chi connectivity index (χ3n) is 3.05. The standard InChI is InChI=1S/C13H16ClN3/c14-11-5-4-10(8-15)13(7-11)17-9-12-3-1-2-6-16-12/h4-5,7,12,16-17H,1-3,6,9H2. The fourth-order valence-corrected chi connectivity index (χ4v) is 2.26. The van der Waals surface area contributed by atoms with Crippen LogP contribution in [0.15, 0.2) is 18.2 Å². The van der Waals surface area contributed by atoms with Crippen LogP contribution in [0.5, 0.6) is 0 Å². The van der Waals surface area contributed by atoms with E-state index in [1.54, 1.807) is 12.1 Å². The van der Waals surface area contributed by atoms with E-state index in [4.69, 9.17) is 16.9 Å². The van der Waals surface area contributed by atoms with Crippen LogP contribution in [-0.4, -0.2) is 19.1 Å². The first-order valence-electron chi connectivity index (χ1n) is 5.96.